The van der Waals surface area contributed by atoms with Crippen LogP contribution in [0.2, 0.25) is 0 Å². The van der Waals surface area contributed by atoms with Gasteiger partial charge in [-0.15, -0.1) is 0 Å². The molecule has 2 fully saturated rings. The zero-order valence-corrected chi connectivity index (χ0v) is 9.60. The van der Waals surface area contributed by atoms with Crippen molar-refractivity contribution >= 4 is 5.97 Å². The van der Waals surface area contributed by atoms with Crippen molar-refractivity contribution in [1.82, 2.24) is 0 Å². The fourth-order valence-electron chi connectivity index (χ4n) is 2.53. The second-order valence-electron chi connectivity index (χ2n) is 4.65. The highest BCUT2D eigenvalue weighted by molar-refractivity contribution is 5.71. The number of aliphatic hydroxyl groups excluding tert-OH is 2. The molecule has 0 amide bonds. The van der Waals surface area contributed by atoms with Crippen LogP contribution < -0.4 is 0 Å². The fourth-order valence-corrected chi connectivity index (χ4v) is 2.53. The number of carbonyl (C=O) groups is 1. The van der Waals surface area contributed by atoms with Crippen LogP contribution in [0.4, 0.5) is 0 Å². The Morgan fingerprint density at radius 1 is 1.11 bits per heavy atom. The van der Waals surface area contributed by atoms with Gasteiger partial charge in [-0.05, 0) is 5.56 Å². The molecule has 0 aliphatic carbocycles. The van der Waals surface area contributed by atoms with E-state index in [2.05, 4.69) is 0 Å². The highest BCUT2D eigenvalue weighted by atomic mass is 16.6. The van der Waals surface area contributed by atoms with Gasteiger partial charge in [-0.25, -0.2) is 0 Å². The summed E-state index contributed by atoms with van der Waals surface area (Å²) in [5.74, 6) is -0.444. The Morgan fingerprint density at radius 2 is 1.83 bits per heavy atom. The monoisotopic (exact) mass is 250 g/mol. The summed E-state index contributed by atoms with van der Waals surface area (Å²) in [5, 5.41) is 20.0. The SMILES string of the molecule is O=C1C[C@@H]2O[C@@H](c3ccccc3)[C@@H](O)[C@H](O1)[C@H]2O. The van der Waals surface area contributed by atoms with E-state index in [1.165, 1.54) is 0 Å². The average molecular weight is 250 g/mol. The summed E-state index contributed by atoms with van der Waals surface area (Å²) in [5.41, 5.74) is 0.810. The Kier molecular flexibility index (Phi) is 2.81. The molecule has 1 aromatic carbocycles. The third-order valence-electron chi connectivity index (χ3n) is 3.45. The molecule has 0 radical (unpaired) electrons. The van der Waals surface area contributed by atoms with Crippen LogP contribution in [0.5, 0.6) is 0 Å². The maximum absolute atomic E-state index is 11.3. The van der Waals surface area contributed by atoms with Crippen LogP contribution in [0.25, 0.3) is 0 Å². The molecule has 5 heteroatoms. The van der Waals surface area contributed by atoms with E-state index in [-0.39, 0.29) is 6.42 Å². The van der Waals surface area contributed by atoms with Crippen LogP contribution in [-0.2, 0) is 14.3 Å². The molecule has 2 bridgehead atoms. The van der Waals surface area contributed by atoms with Gasteiger partial charge in [-0.1, -0.05) is 30.3 Å². The molecule has 2 aliphatic heterocycles. The standard InChI is InChI=1S/C13H14O5/c14-9-6-8-10(15)13(18-9)11(16)12(17-8)7-4-2-1-3-5-7/h1-5,8,10-13,15-16H,6H2/t8-,10-,11+,12-,13+/m0/s1. The van der Waals surface area contributed by atoms with Crippen LogP contribution >= 0.6 is 0 Å². The molecule has 3 rings (SSSR count). The number of carbonyl (C=O) groups excluding carboxylic acids is 1. The van der Waals surface area contributed by atoms with Crippen LogP contribution in [0.1, 0.15) is 18.1 Å². The summed E-state index contributed by atoms with van der Waals surface area (Å²) in [7, 11) is 0. The minimum atomic E-state index is -1.05. The lowest BCUT2D eigenvalue weighted by Crippen LogP contribution is -2.59. The predicted molar refractivity (Wildman–Crippen MR) is 60.6 cm³/mol. The molecule has 2 N–H and O–H groups in total. The number of hydrogen-bond acceptors (Lipinski definition) is 5. The summed E-state index contributed by atoms with van der Waals surface area (Å²) in [6.45, 7) is 0. The van der Waals surface area contributed by atoms with E-state index in [4.69, 9.17) is 9.47 Å². The average Bonchev–Trinajstić information content (AvgIpc) is 2.37. The fraction of sp³-hybridized carbons (Fsp3) is 0.462. The van der Waals surface area contributed by atoms with Crippen molar-refractivity contribution in [2.75, 3.05) is 0 Å². The van der Waals surface area contributed by atoms with Crippen LogP contribution in [-0.4, -0.2) is 40.6 Å². The molecule has 18 heavy (non-hydrogen) atoms. The highest BCUT2D eigenvalue weighted by Gasteiger charge is 2.50. The molecule has 0 saturated carbocycles. The van der Waals surface area contributed by atoms with Gasteiger partial charge in [0.1, 0.15) is 18.3 Å². The molecule has 2 saturated heterocycles. The van der Waals surface area contributed by atoms with Gasteiger partial charge in [-0.2, -0.15) is 0 Å². The van der Waals surface area contributed by atoms with E-state index in [0.29, 0.717) is 0 Å². The van der Waals surface area contributed by atoms with Gasteiger partial charge >= 0.3 is 5.97 Å². The Hall–Kier alpha value is -1.43. The lowest BCUT2D eigenvalue weighted by molar-refractivity contribution is -0.257. The minimum Gasteiger partial charge on any atom is -0.457 e. The second-order valence-corrected chi connectivity index (χ2v) is 4.65. The number of aliphatic hydroxyl groups is 2. The summed E-state index contributed by atoms with van der Waals surface area (Å²) >= 11 is 0. The van der Waals surface area contributed by atoms with Gasteiger partial charge < -0.3 is 19.7 Å². The van der Waals surface area contributed by atoms with Crippen molar-refractivity contribution < 1.29 is 24.5 Å². The predicted octanol–water partition coefficient (Wildman–Crippen LogP) is 0.164. The van der Waals surface area contributed by atoms with Gasteiger partial charge in [0.25, 0.3) is 0 Å². The van der Waals surface area contributed by atoms with E-state index in [1.807, 2.05) is 30.3 Å². The number of rotatable bonds is 1. The number of hydrogen-bond donors (Lipinski definition) is 2. The lowest BCUT2D eigenvalue weighted by atomic mass is 9.88. The molecule has 1 aromatic rings. The molecule has 5 atom stereocenters. The van der Waals surface area contributed by atoms with E-state index < -0.39 is 36.5 Å². The Morgan fingerprint density at radius 3 is 2.56 bits per heavy atom. The van der Waals surface area contributed by atoms with E-state index in [1.54, 1.807) is 0 Å². The van der Waals surface area contributed by atoms with Gasteiger partial charge in [0.05, 0.1) is 12.5 Å². The summed E-state index contributed by atoms with van der Waals surface area (Å²) in [6, 6.07) is 9.23. The summed E-state index contributed by atoms with van der Waals surface area (Å²) in [4.78, 5) is 11.3. The molecule has 0 aromatic heterocycles. The maximum Gasteiger partial charge on any atom is 0.308 e. The van der Waals surface area contributed by atoms with E-state index in [9.17, 15) is 15.0 Å². The van der Waals surface area contributed by atoms with Crippen molar-refractivity contribution in [2.45, 2.75) is 36.9 Å². The molecule has 96 valence electrons. The first-order valence-corrected chi connectivity index (χ1v) is 5.93. The number of benzene rings is 1. The molecule has 0 spiro atoms. The quantitative estimate of drug-likeness (QED) is 0.695. The third kappa shape index (κ3) is 1.80. The van der Waals surface area contributed by atoms with E-state index >= 15 is 0 Å². The first kappa shape index (κ1) is 11.6. The highest BCUT2D eigenvalue weighted by Crippen LogP contribution is 2.37. The third-order valence-corrected chi connectivity index (χ3v) is 3.45. The van der Waals surface area contributed by atoms with Gasteiger partial charge in [-0.3, -0.25) is 4.79 Å². The zero-order valence-electron chi connectivity index (χ0n) is 9.60. The first-order chi connectivity index (χ1) is 8.66. The first-order valence-electron chi connectivity index (χ1n) is 5.93. The van der Waals surface area contributed by atoms with Crippen molar-refractivity contribution in [3.8, 4) is 0 Å². The largest absolute Gasteiger partial charge is 0.457 e. The summed E-state index contributed by atoms with van der Waals surface area (Å²) in [6.07, 6.45) is -4.08. The molecule has 5 nitrogen and oxygen atoms in total. The second kappa shape index (κ2) is 4.35. The van der Waals surface area contributed by atoms with Crippen molar-refractivity contribution in [3.05, 3.63) is 35.9 Å². The van der Waals surface area contributed by atoms with Gasteiger partial charge in [0.15, 0.2) is 6.10 Å². The molecule has 2 aliphatic rings. The Balaban J connectivity index is 1.89. The van der Waals surface area contributed by atoms with Crippen LogP contribution in [0.15, 0.2) is 30.3 Å². The normalized spacial score (nSPS) is 39.2. The minimum absolute atomic E-state index is 0.0215. The van der Waals surface area contributed by atoms with E-state index in [0.717, 1.165) is 5.56 Å². The molecular formula is C13H14O5. The molecular weight excluding hydrogens is 236 g/mol. The molecule has 0 unspecified atom stereocenters. The maximum atomic E-state index is 11.3. The lowest BCUT2D eigenvalue weighted by Gasteiger charge is -2.45. The smallest absolute Gasteiger partial charge is 0.308 e. The van der Waals surface area contributed by atoms with Gasteiger partial charge in [0, 0.05) is 0 Å². The van der Waals surface area contributed by atoms with Crippen LogP contribution in [0, 0.1) is 0 Å². The van der Waals surface area contributed by atoms with Crippen LogP contribution in [0.3, 0.4) is 0 Å². The summed E-state index contributed by atoms with van der Waals surface area (Å²) < 4.78 is 10.7. The van der Waals surface area contributed by atoms with Crippen molar-refractivity contribution in [3.63, 3.8) is 0 Å². The Bertz CT molecular complexity index is 446. The van der Waals surface area contributed by atoms with Crippen molar-refractivity contribution in [2.24, 2.45) is 0 Å². The van der Waals surface area contributed by atoms with Gasteiger partial charge in [0.2, 0.25) is 0 Å². The zero-order chi connectivity index (χ0) is 12.7. The number of fused-ring (bicyclic) bond motifs is 2. The number of ether oxygens (including phenoxy) is 2. The molecule has 2 heterocycles. The Labute approximate surface area is 104 Å². The topological polar surface area (TPSA) is 76.0 Å². The van der Waals surface area contributed by atoms with Crippen molar-refractivity contribution in [1.29, 1.82) is 0 Å². The number of esters is 1.